The lowest BCUT2D eigenvalue weighted by Gasteiger charge is -2.29. The summed E-state index contributed by atoms with van der Waals surface area (Å²) in [5.41, 5.74) is 0.746. The Morgan fingerprint density at radius 3 is 2.86 bits per heavy atom. The molecule has 2 aliphatic heterocycles. The minimum absolute atomic E-state index is 0.166. The fraction of sp³-hybridized carbons (Fsp3) is 0.588. The molecular weight excluding hydrogens is 264 g/mol. The number of benzene rings is 1. The molecule has 0 saturated carbocycles. The number of nitrogens with zero attached hydrogens (tertiary/aromatic N) is 2. The number of carbonyl (C=O) groups is 1. The minimum atomic E-state index is 0.166. The van der Waals surface area contributed by atoms with Crippen LogP contribution in [0.3, 0.4) is 0 Å². The van der Waals surface area contributed by atoms with E-state index in [4.69, 9.17) is 4.74 Å². The van der Waals surface area contributed by atoms with Gasteiger partial charge < -0.3 is 14.5 Å². The minimum Gasteiger partial charge on any atom is -0.497 e. The van der Waals surface area contributed by atoms with Crippen LogP contribution in [0.25, 0.3) is 0 Å². The second-order valence-electron chi connectivity index (χ2n) is 6.01. The zero-order valence-corrected chi connectivity index (χ0v) is 12.9. The quantitative estimate of drug-likeness (QED) is 0.856. The van der Waals surface area contributed by atoms with Gasteiger partial charge >= 0.3 is 0 Å². The molecule has 2 saturated heterocycles. The number of methoxy groups -OCH3 is 1. The summed E-state index contributed by atoms with van der Waals surface area (Å²) in [6, 6.07) is 8.30. The van der Waals surface area contributed by atoms with Gasteiger partial charge in [0.05, 0.1) is 7.11 Å². The van der Waals surface area contributed by atoms with Gasteiger partial charge in [-0.15, -0.1) is 0 Å². The molecule has 1 aromatic carbocycles. The highest BCUT2D eigenvalue weighted by atomic mass is 16.5. The molecule has 2 heterocycles. The fourth-order valence-electron chi connectivity index (χ4n) is 3.67. The predicted molar refractivity (Wildman–Crippen MR) is 82.7 cm³/mol. The molecule has 4 heteroatoms. The summed E-state index contributed by atoms with van der Waals surface area (Å²) in [7, 11) is 1.64. The smallest absolute Gasteiger partial charge is 0.254 e. The van der Waals surface area contributed by atoms with E-state index in [0.29, 0.717) is 12.1 Å². The third-order valence-electron chi connectivity index (χ3n) is 4.87. The van der Waals surface area contributed by atoms with Crippen molar-refractivity contribution in [3.8, 4) is 5.75 Å². The van der Waals surface area contributed by atoms with E-state index in [0.717, 1.165) is 50.2 Å². The molecule has 3 rings (SSSR count). The molecule has 2 fully saturated rings. The average Bonchev–Trinajstić information content (AvgIpc) is 2.81. The van der Waals surface area contributed by atoms with Crippen LogP contribution < -0.4 is 4.74 Å². The highest BCUT2D eigenvalue weighted by Crippen LogP contribution is 2.32. The first-order valence-corrected chi connectivity index (χ1v) is 7.92. The molecule has 1 aromatic rings. The Hall–Kier alpha value is -1.55. The van der Waals surface area contributed by atoms with E-state index in [1.54, 1.807) is 7.11 Å². The van der Waals surface area contributed by atoms with Crippen molar-refractivity contribution in [2.75, 3.05) is 26.7 Å². The maximum absolute atomic E-state index is 12.9. The summed E-state index contributed by atoms with van der Waals surface area (Å²) in [5.74, 6) is 0.914. The van der Waals surface area contributed by atoms with Crippen LogP contribution in [0.1, 0.15) is 36.5 Å². The van der Waals surface area contributed by atoms with Gasteiger partial charge in [0.15, 0.2) is 0 Å². The molecule has 0 aliphatic carbocycles. The number of carbonyl (C=O) groups excluding carboxylic acids is 1. The maximum atomic E-state index is 12.9. The molecular formula is C17H24N2O2. The van der Waals surface area contributed by atoms with Crippen LogP contribution in [0.4, 0.5) is 0 Å². The summed E-state index contributed by atoms with van der Waals surface area (Å²) in [5, 5.41) is 0. The van der Waals surface area contributed by atoms with Crippen LogP contribution in [0, 0.1) is 0 Å². The van der Waals surface area contributed by atoms with Crippen molar-refractivity contribution in [2.45, 2.75) is 38.3 Å². The zero-order chi connectivity index (χ0) is 14.8. The normalized spacial score (nSPS) is 25.7. The number of ether oxygens (including phenoxy) is 1. The van der Waals surface area contributed by atoms with Crippen molar-refractivity contribution in [2.24, 2.45) is 0 Å². The van der Waals surface area contributed by atoms with Crippen LogP contribution in [0.2, 0.25) is 0 Å². The number of fused-ring (bicyclic) bond motifs is 2. The van der Waals surface area contributed by atoms with Crippen LogP contribution in [0.5, 0.6) is 5.75 Å². The van der Waals surface area contributed by atoms with E-state index in [9.17, 15) is 4.79 Å². The molecule has 4 nitrogen and oxygen atoms in total. The van der Waals surface area contributed by atoms with Crippen LogP contribution >= 0.6 is 0 Å². The summed E-state index contributed by atoms with van der Waals surface area (Å²) in [6.45, 7) is 5.40. The molecule has 0 radical (unpaired) electrons. The first kappa shape index (κ1) is 14.4. The molecule has 2 atom stereocenters. The van der Waals surface area contributed by atoms with Crippen LogP contribution in [-0.4, -0.2) is 54.5 Å². The Kier molecular flexibility index (Phi) is 4.15. The van der Waals surface area contributed by atoms with Crippen molar-refractivity contribution in [3.05, 3.63) is 29.8 Å². The highest BCUT2D eigenvalue weighted by Gasteiger charge is 2.39. The lowest BCUT2D eigenvalue weighted by Crippen LogP contribution is -2.43. The van der Waals surface area contributed by atoms with Crippen molar-refractivity contribution < 1.29 is 9.53 Å². The van der Waals surface area contributed by atoms with E-state index < -0.39 is 0 Å². The monoisotopic (exact) mass is 288 g/mol. The van der Waals surface area contributed by atoms with E-state index in [-0.39, 0.29) is 5.91 Å². The fourth-order valence-corrected chi connectivity index (χ4v) is 3.67. The first-order chi connectivity index (χ1) is 10.2. The van der Waals surface area contributed by atoms with Gasteiger partial charge in [0, 0.05) is 30.7 Å². The summed E-state index contributed by atoms with van der Waals surface area (Å²) in [4.78, 5) is 17.5. The molecule has 114 valence electrons. The Labute approximate surface area is 126 Å². The summed E-state index contributed by atoms with van der Waals surface area (Å²) >= 11 is 0. The molecule has 2 unspecified atom stereocenters. The third-order valence-corrected chi connectivity index (χ3v) is 4.87. The molecule has 0 N–H and O–H groups in total. The van der Waals surface area contributed by atoms with E-state index in [1.165, 1.54) is 0 Å². The first-order valence-electron chi connectivity index (χ1n) is 7.92. The van der Waals surface area contributed by atoms with E-state index in [1.807, 2.05) is 24.3 Å². The number of likely N-dealkylation sites (tertiary alicyclic amines) is 1. The van der Waals surface area contributed by atoms with Crippen molar-refractivity contribution >= 4 is 5.91 Å². The Bertz CT molecular complexity index is 517. The lowest BCUT2D eigenvalue weighted by atomic mass is 10.1. The van der Waals surface area contributed by atoms with Crippen LogP contribution in [0.15, 0.2) is 24.3 Å². The SMILES string of the molecule is CCN1CCC2CCC(C1)N2C(=O)c1cccc(OC)c1. The number of rotatable bonds is 3. The topological polar surface area (TPSA) is 32.8 Å². The summed E-state index contributed by atoms with van der Waals surface area (Å²) < 4.78 is 5.24. The van der Waals surface area contributed by atoms with Gasteiger partial charge in [-0.05, 0) is 44.0 Å². The van der Waals surface area contributed by atoms with E-state index >= 15 is 0 Å². The lowest BCUT2D eigenvalue weighted by molar-refractivity contribution is 0.0671. The standard InChI is InChI=1S/C17H24N2O2/c1-3-18-10-9-14-7-8-15(12-18)19(14)17(20)13-5-4-6-16(11-13)21-2/h4-6,11,14-15H,3,7-10,12H2,1-2H3. The third kappa shape index (κ3) is 2.77. The van der Waals surface area contributed by atoms with Gasteiger partial charge in [0.2, 0.25) is 0 Å². The zero-order valence-electron chi connectivity index (χ0n) is 12.9. The van der Waals surface area contributed by atoms with Crippen molar-refractivity contribution in [1.29, 1.82) is 0 Å². The maximum Gasteiger partial charge on any atom is 0.254 e. The molecule has 1 amide bonds. The molecule has 2 aliphatic rings. The summed E-state index contributed by atoms with van der Waals surface area (Å²) in [6.07, 6.45) is 3.38. The van der Waals surface area contributed by atoms with Gasteiger partial charge in [-0.25, -0.2) is 0 Å². The number of likely N-dealkylation sites (N-methyl/N-ethyl adjacent to an activating group) is 1. The van der Waals surface area contributed by atoms with Gasteiger partial charge in [-0.3, -0.25) is 4.79 Å². The number of hydrogen-bond donors (Lipinski definition) is 0. The van der Waals surface area contributed by atoms with Gasteiger partial charge in [-0.2, -0.15) is 0 Å². The van der Waals surface area contributed by atoms with Crippen molar-refractivity contribution in [1.82, 2.24) is 9.80 Å². The van der Waals surface area contributed by atoms with Gasteiger partial charge in [-0.1, -0.05) is 13.0 Å². The molecule has 2 bridgehead atoms. The second-order valence-corrected chi connectivity index (χ2v) is 6.01. The highest BCUT2D eigenvalue weighted by molar-refractivity contribution is 5.95. The molecule has 21 heavy (non-hydrogen) atoms. The van der Waals surface area contributed by atoms with E-state index in [2.05, 4.69) is 16.7 Å². The van der Waals surface area contributed by atoms with Gasteiger partial charge in [0.25, 0.3) is 5.91 Å². The predicted octanol–water partition coefficient (Wildman–Crippen LogP) is 2.39. The largest absolute Gasteiger partial charge is 0.497 e. The Morgan fingerprint density at radius 2 is 2.10 bits per heavy atom. The van der Waals surface area contributed by atoms with Crippen molar-refractivity contribution in [3.63, 3.8) is 0 Å². The second kappa shape index (κ2) is 6.06. The van der Waals surface area contributed by atoms with Gasteiger partial charge in [0.1, 0.15) is 5.75 Å². The Balaban J connectivity index is 1.83. The number of hydrogen-bond acceptors (Lipinski definition) is 3. The molecule has 0 spiro atoms. The number of amides is 1. The Morgan fingerprint density at radius 1 is 1.29 bits per heavy atom. The van der Waals surface area contributed by atoms with Crippen LogP contribution in [-0.2, 0) is 0 Å². The molecule has 0 aromatic heterocycles. The average molecular weight is 288 g/mol.